The van der Waals surface area contributed by atoms with Crippen molar-refractivity contribution in [1.29, 1.82) is 0 Å². The Morgan fingerprint density at radius 3 is 2.50 bits per heavy atom. The summed E-state index contributed by atoms with van der Waals surface area (Å²) in [6.07, 6.45) is 0.476. The largest absolute Gasteiger partial charge is 0.494 e. The van der Waals surface area contributed by atoms with Gasteiger partial charge >= 0.3 is 11.7 Å². The van der Waals surface area contributed by atoms with Crippen molar-refractivity contribution in [3.8, 4) is 11.5 Å². The molecule has 9 nitrogen and oxygen atoms in total. The lowest BCUT2D eigenvalue weighted by Crippen LogP contribution is -2.22. The van der Waals surface area contributed by atoms with Crippen molar-refractivity contribution in [1.82, 2.24) is 5.32 Å². The molecule has 9 heteroatoms. The van der Waals surface area contributed by atoms with E-state index in [0.717, 1.165) is 5.56 Å². The monoisotopic (exact) mass is 388 g/mol. The van der Waals surface area contributed by atoms with Crippen molar-refractivity contribution in [2.45, 2.75) is 19.4 Å². The number of aliphatic carboxylic acids is 1. The highest BCUT2D eigenvalue weighted by Crippen LogP contribution is 2.27. The Morgan fingerprint density at radius 1 is 1.18 bits per heavy atom. The van der Waals surface area contributed by atoms with Crippen LogP contribution in [0.15, 0.2) is 42.5 Å². The third-order valence-corrected chi connectivity index (χ3v) is 3.82. The molecule has 0 unspecified atom stereocenters. The van der Waals surface area contributed by atoms with Gasteiger partial charge in [-0.3, -0.25) is 19.7 Å². The highest BCUT2D eigenvalue weighted by atomic mass is 16.6. The summed E-state index contributed by atoms with van der Waals surface area (Å²) >= 11 is 0. The van der Waals surface area contributed by atoms with Crippen LogP contribution in [0.25, 0.3) is 0 Å². The number of methoxy groups -OCH3 is 1. The van der Waals surface area contributed by atoms with E-state index in [2.05, 4.69) is 5.32 Å². The van der Waals surface area contributed by atoms with E-state index in [9.17, 15) is 19.7 Å². The molecule has 148 valence electrons. The summed E-state index contributed by atoms with van der Waals surface area (Å²) in [5.74, 6) is -0.620. The molecule has 2 rings (SSSR count). The third-order valence-electron chi connectivity index (χ3n) is 3.82. The maximum Gasteiger partial charge on any atom is 0.310 e. The smallest absolute Gasteiger partial charge is 0.310 e. The molecule has 0 radical (unpaired) electrons. The van der Waals surface area contributed by atoms with E-state index in [0.29, 0.717) is 18.8 Å². The van der Waals surface area contributed by atoms with Gasteiger partial charge in [-0.05, 0) is 30.2 Å². The molecule has 0 aliphatic rings. The lowest BCUT2D eigenvalue weighted by Gasteiger charge is -2.09. The molecule has 0 bridgehead atoms. The zero-order chi connectivity index (χ0) is 20.5. The molecular formula is C19H20N2O7. The number of rotatable bonds is 10. The second-order valence-electron chi connectivity index (χ2n) is 5.82. The summed E-state index contributed by atoms with van der Waals surface area (Å²) in [6.45, 7) is 0.571. The number of hydrogen-bond donors (Lipinski definition) is 2. The molecule has 0 aliphatic heterocycles. The highest BCUT2D eigenvalue weighted by Gasteiger charge is 2.17. The Morgan fingerprint density at radius 2 is 1.89 bits per heavy atom. The molecule has 0 spiro atoms. The number of nitro groups is 1. The van der Waals surface area contributed by atoms with E-state index in [1.807, 2.05) is 0 Å². The van der Waals surface area contributed by atoms with Crippen LogP contribution in [0.4, 0.5) is 5.69 Å². The molecule has 0 heterocycles. The maximum absolute atomic E-state index is 12.3. The molecule has 0 atom stereocenters. The first-order valence-electron chi connectivity index (χ1n) is 8.45. The van der Waals surface area contributed by atoms with Gasteiger partial charge in [-0.2, -0.15) is 0 Å². The standard InChI is InChI=1S/C19H20N2O7/c1-27-17-11-14(6-9-16(17)21(25)26)19(24)20-12-13-4-7-15(8-5-13)28-10-2-3-18(22)23/h4-9,11H,2-3,10,12H2,1H3,(H,20,24)(H,22,23). The van der Waals surface area contributed by atoms with Crippen molar-refractivity contribution >= 4 is 17.6 Å². The Balaban J connectivity index is 1.88. The van der Waals surface area contributed by atoms with Crippen molar-refractivity contribution < 1.29 is 29.1 Å². The number of carbonyl (C=O) groups is 2. The molecule has 0 saturated heterocycles. The number of hydrogen-bond acceptors (Lipinski definition) is 6. The molecule has 0 aromatic heterocycles. The van der Waals surface area contributed by atoms with Crippen LogP contribution in [-0.4, -0.2) is 35.6 Å². The molecule has 0 fully saturated rings. The second-order valence-corrected chi connectivity index (χ2v) is 5.82. The van der Waals surface area contributed by atoms with E-state index < -0.39 is 10.9 Å². The average Bonchev–Trinajstić information content (AvgIpc) is 2.69. The Kier molecular flexibility index (Phi) is 7.32. The van der Waals surface area contributed by atoms with Gasteiger partial charge in [0.1, 0.15) is 5.75 Å². The van der Waals surface area contributed by atoms with Crippen molar-refractivity contribution in [3.63, 3.8) is 0 Å². The number of amides is 1. The van der Waals surface area contributed by atoms with Crippen molar-refractivity contribution in [2.75, 3.05) is 13.7 Å². The van der Waals surface area contributed by atoms with E-state index in [4.69, 9.17) is 14.6 Å². The SMILES string of the molecule is COc1cc(C(=O)NCc2ccc(OCCCC(=O)O)cc2)ccc1[N+](=O)[O-]. The first-order chi connectivity index (χ1) is 13.4. The van der Waals surface area contributed by atoms with Crippen LogP contribution in [-0.2, 0) is 11.3 Å². The zero-order valence-corrected chi connectivity index (χ0v) is 15.2. The van der Waals surface area contributed by atoms with E-state index in [-0.39, 0.29) is 35.9 Å². The summed E-state index contributed by atoms with van der Waals surface area (Å²) in [5, 5.41) is 22.2. The number of ether oxygens (including phenoxy) is 2. The maximum atomic E-state index is 12.3. The van der Waals surface area contributed by atoms with E-state index >= 15 is 0 Å². The topological polar surface area (TPSA) is 128 Å². The van der Waals surface area contributed by atoms with Gasteiger partial charge < -0.3 is 19.9 Å². The first kappa shape index (κ1) is 20.7. The fraction of sp³-hybridized carbons (Fsp3) is 0.263. The van der Waals surface area contributed by atoms with Gasteiger partial charge in [0.05, 0.1) is 18.6 Å². The van der Waals surface area contributed by atoms with Gasteiger partial charge in [-0.15, -0.1) is 0 Å². The fourth-order valence-electron chi connectivity index (χ4n) is 2.37. The number of nitro benzene ring substituents is 1. The number of nitrogens with zero attached hydrogens (tertiary/aromatic N) is 1. The molecule has 0 saturated carbocycles. The molecule has 2 N–H and O–H groups in total. The lowest BCUT2D eigenvalue weighted by molar-refractivity contribution is -0.385. The third kappa shape index (κ3) is 5.97. The van der Waals surface area contributed by atoms with Crippen LogP contribution in [0.5, 0.6) is 11.5 Å². The van der Waals surface area contributed by atoms with Gasteiger partial charge in [0.15, 0.2) is 5.75 Å². The van der Waals surface area contributed by atoms with Gasteiger partial charge in [0, 0.05) is 30.7 Å². The minimum atomic E-state index is -0.861. The quantitative estimate of drug-likeness (QED) is 0.364. The predicted octanol–water partition coefficient (Wildman–Crippen LogP) is 2.78. The number of nitrogens with one attached hydrogen (secondary N) is 1. The Hall–Kier alpha value is -3.62. The average molecular weight is 388 g/mol. The summed E-state index contributed by atoms with van der Waals surface area (Å²) < 4.78 is 10.4. The van der Waals surface area contributed by atoms with Gasteiger partial charge in [-0.1, -0.05) is 12.1 Å². The molecule has 2 aromatic rings. The van der Waals surface area contributed by atoms with Crippen LogP contribution in [0.2, 0.25) is 0 Å². The van der Waals surface area contributed by atoms with Crippen LogP contribution >= 0.6 is 0 Å². The second kappa shape index (κ2) is 9.91. The predicted molar refractivity (Wildman–Crippen MR) is 99.6 cm³/mol. The normalized spacial score (nSPS) is 10.2. The summed E-state index contributed by atoms with van der Waals surface area (Å²) in [7, 11) is 1.30. The Bertz CT molecular complexity index is 850. The number of carbonyl (C=O) groups excluding carboxylic acids is 1. The minimum absolute atomic E-state index is 0.0158. The fourth-order valence-corrected chi connectivity index (χ4v) is 2.37. The van der Waals surface area contributed by atoms with Crippen LogP contribution in [0.1, 0.15) is 28.8 Å². The van der Waals surface area contributed by atoms with Crippen molar-refractivity contribution in [3.05, 3.63) is 63.7 Å². The van der Waals surface area contributed by atoms with Gasteiger partial charge in [0.2, 0.25) is 0 Å². The number of benzene rings is 2. The van der Waals surface area contributed by atoms with Crippen LogP contribution in [0.3, 0.4) is 0 Å². The molecule has 0 aliphatic carbocycles. The molecule has 2 aromatic carbocycles. The van der Waals surface area contributed by atoms with Gasteiger partial charge in [-0.25, -0.2) is 0 Å². The lowest BCUT2D eigenvalue weighted by atomic mass is 10.1. The van der Waals surface area contributed by atoms with Gasteiger partial charge in [0.25, 0.3) is 5.91 Å². The van der Waals surface area contributed by atoms with Crippen molar-refractivity contribution in [2.24, 2.45) is 0 Å². The molecule has 1 amide bonds. The first-order valence-corrected chi connectivity index (χ1v) is 8.45. The Labute approximate surface area is 161 Å². The van der Waals surface area contributed by atoms with Crippen LogP contribution in [0, 0.1) is 10.1 Å². The van der Waals surface area contributed by atoms with E-state index in [1.165, 1.54) is 25.3 Å². The van der Waals surface area contributed by atoms with Crippen LogP contribution < -0.4 is 14.8 Å². The zero-order valence-electron chi connectivity index (χ0n) is 15.2. The number of carboxylic acids is 1. The number of carboxylic acid groups (broad SMARTS) is 1. The molecular weight excluding hydrogens is 368 g/mol. The van der Waals surface area contributed by atoms with E-state index in [1.54, 1.807) is 24.3 Å². The molecule has 28 heavy (non-hydrogen) atoms. The summed E-state index contributed by atoms with van der Waals surface area (Å²) in [4.78, 5) is 33.0. The highest BCUT2D eigenvalue weighted by molar-refractivity contribution is 5.95. The summed E-state index contributed by atoms with van der Waals surface area (Å²) in [6, 6.07) is 10.9. The minimum Gasteiger partial charge on any atom is -0.494 e. The summed E-state index contributed by atoms with van der Waals surface area (Å²) in [5.41, 5.74) is 0.874.